The lowest BCUT2D eigenvalue weighted by Crippen LogP contribution is -2.35. The summed E-state index contributed by atoms with van der Waals surface area (Å²) >= 11 is 0. The van der Waals surface area contributed by atoms with Crippen LogP contribution in [0.3, 0.4) is 0 Å². The van der Waals surface area contributed by atoms with Crippen molar-refractivity contribution in [1.82, 2.24) is 29.5 Å². The van der Waals surface area contributed by atoms with E-state index in [1.54, 1.807) is 0 Å². The molecule has 6 nitrogen and oxygen atoms in total. The summed E-state index contributed by atoms with van der Waals surface area (Å²) in [6.07, 6.45) is 7.52. The van der Waals surface area contributed by atoms with E-state index in [2.05, 4.69) is 62.7 Å². The first-order chi connectivity index (χ1) is 12.1. The standard InChI is InChI=1S/C19H28N6/c1-14(15-6-9-20-10-7-15)25-11-8-17(12-25)23(2)13-18-21-22-19(24(18)3)16-4-5-16/h6-7,9-10,14,16-17H,4-5,8,11-13H2,1-3H3/t14-,17+/m1/s1. The Morgan fingerprint density at radius 2 is 1.96 bits per heavy atom. The third-order valence-electron chi connectivity index (χ3n) is 5.89. The van der Waals surface area contributed by atoms with Crippen molar-refractivity contribution >= 4 is 0 Å². The molecule has 3 heterocycles. The molecule has 0 unspecified atom stereocenters. The van der Waals surface area contributed by atoms with Crippen molar-refractivity contribution in [2.75, 3.05) is 20.1 Å². The van der Waals surface area contributed by atoms with Crippen LogP contribution >= 0.6 is 0 Å². The molecular formula is C19H28N6. The van der Waals surface area contributed by atoms with E-state index in [4.69, 9.17) is 0 Å². The van der Waals surface area contributed by atoms with Crippen LogP contribution in [-0.2, 0) is 13.6 Å². The summed E-state index contributed by atoms with van der Waals surface area (Å²) in [4.78, 5) is 9.15. The highest BCUT2D eigenvalue weighted by Gasteiger charge is 2.32. The van der Waals surface area contributed by atoms with Gasteiger partial charge in [-0.05, 0) is 50.9 Å². The smallest absolute Gasteiger partial charge is 0.146 e. The minimum atomic E-state index is 0.442. The third kappa shape index (κ3) is 3.46. The number of pyridine rings is 1. The molecule has 2 aromatic heterocycles. The second-order valence-corrected chi connectivity index (χ2v) is 7.62. The van der Waals surface area contributed by atoms with Crippen LogP contribution in [-0.4, -0.2) is 55.7 Å². The van der Waals surface area contributed by atoms with E-state index < -0.39 is 0 Å². The number of aromatic nitrogens is 4. The molecule has 0 aromatic carbocycles. The highest BCUT2D eigenvalue weighted by Crippen LogP contribution is 2.38. The number of hydrogen-bond acceptors (Lipinski definition) is 5. The number of likely N-dealkylation sites (tertiary alicyclic amines) is 1. The average molecular weight is 340 g/mol. The predicted octanol–water partition coefficient (Wildman–Crippen LogP) is 2.35. The molecule has 0 N–H and O–H groups in total. The summed E-state index contributed by atoms with van der Waals surface area (Å²) in [5.74, 6) is 2.91. The van der Waals surface area contributed by atoms with Gasteiger partial charge in [0.25, 0.3) is 0 Å². The van der Waals surface area contributed by atoms with Gasteiger partial charge in [0.15, 0.2) is 0 Å². The Morgan fingerprint density at radius 3 is 2.68 bits per heavy atom. The molecule has 1 saturated heterocycles. The largest absolute Gasteiger partial charge is 0.317 e. The lowest BCUT2D eigenvalue weighted by atomic mass is 10.1. The normalized spacial score (nSPS) is 22.6. The van der Waals surface area contributed by atoms with Crippen LogP contribution in [0, 0.1) is 0 Å². The van der Waals surface area contributed by atoms with Gasteiger partial charge in [-0.15, -0.1) is 10.2 Å². The topological polar surface area (TPSA) is 50.1 Å². The first kappa shape index (κ1) is 16.7. The molecule has 0 spiro atoms. The van der Waals surface area contributed by atoms with Crippen molar-refractivity contribution in [1.29, 1.82) is 0 Å². The highest BCUT2D eigenvalue weighted by molar-refractivity contribution is 5.15. The molecule has 6 heteroatoms. The average Bonchev–Trinajstić information content (AvgIpc) is 3.24. The Labute approximate surface area is 149 Å². The molecule has 25 heavy (non-hydrogen) atoms. The first-order valence-corrected chi connectivity index (χ1v) is 9.36. The summed E-state index contributed by atoms with van der Waals surface area (Å²) in [6.45, 7) is 5.42. The summed E-state index contributed by atoms with van der Waals surface area (Å²) in [5.41, 5.74) is 1.35. The quantitative estimate of drug-likeness (QED) is 0.808. The van der Waals surface area contributed by atoms with Gasteiger partial charge in [0.05, 0.1) is 6.54 Å². The van der Waals surface area contributed by atoms with E-state index in [0.717, 1.165) is 25.5 Å². The van der Waals surface area contributed by atoms with Crippen LogP contribution in [0.15, 0.2) is 24.5 Å². The molecule has 1 saturated carbocycles. The molecule has 2 aromatic rings. The van der Waals surface area contributed by atoms with Gasteiger partial charge in [-0.3, -0.25) is 14.8 Å². The van der Waals surface area contributed by atoms with Crippen LogP contribution in [0.4, 0.5) is 0 Å². The highest BCUT2D eigenvalue weighted by atomic mass is 15.3. The fourth-order valence-electron chi connectivity index (χ4n) is 3.89. The van der Waals surface area contributed by atoms with E-state index in [0.29, 0.717) is 18.0 Å². The maximum atomic E-state index is 4.44. The van der Waals surface area contributed by atoms with Crippen LogP contribution in [0.1, 0.15) is 55.4 Å². The fourth-order valence-corrected chi connectivity index (χ4v) is 3.89. The van der Waals surface area contributed by atoms with E-state index in [1.807, 2.05) is 12.4 Å². The van der Waals surface area contributed by atoms with Gasteiger partial charge in [0.1, 0.15) is 11.6 Å². The fraction of sp³-hybridized carbons (Fsp3) is 0.632. The van der Waals surface area contributed by atoms with Gasteiger partial charge in [0.2, 0.25) is 0 Å². The molecule has 0 radical (unpaired) electrons. The number of nitrogens with zero attached hydrogens (tertiary/aromatic N) is 6. The number of rotatable bonds is 6. The predicted molar refractivity (Wildman–Crippen MR) is 97.1 cm³/mol. The molecular weight excluding hydrogens is 312 g/mol. The molecule has 0 bridgehead atoms. The van der Waals surface area contributed by atoms with E-state index in [1.165, 1.54) is 30.7 Å². The molecule has 2 fully saturated rings. The Kier molecular flexibility index (Phi) is 4.56. The van der Waals surface area contributed by atoms with Crippen molar-refractivity contribution < 1.29 is 0 Å². The zero-order valence-corrected chi connectivity index (χ0v) is 15.5. The second kappa shape index (κ2) is 6.84. The minimum absolute atomic E-state index is 0.442. The Balaban J connectivity index is 1.36. The lowest BCUT2D eigenvalue weighted by molar-refractivity contribution is 0.199. The zero-order valence-electron chi connectivity index (χ0n) is 15.5. The first-order valence-electron chi connectivity index (χ1n) is 9.36. The van der Waals surface area contributed by atoms with Gasteiger partial charge in [-0.1, -0.05) is 0 Å². The number of hydrogen-bond donors (Lipinski definition) is 0. The molecule has 0 amide bonds. The minimum Gasteiger partial charge on any atom is -0.317 e. The molecule has 4 rings (SSSR count). The summed E-state index contributed by atoms with van der Waals surface area (Å²) in [6, 6.07) is 5.27. The van der Waals surface area contributed by atoms with Gasteiger partial charge in [-0.2, -0.15) is 0 Å². The van der Waals surface area contributed by atoms with Crippen molar-refractivity contribution in [2.24, 2.45) is 7.05 Å². The van der Waals surface area contributed by atoms with Crippen molar-refractivity contribution in [3.05, 3.63) is 41.7 Å². The molecule has 2 atom stereocenters. The van der Waals surface area contributed by atoms with Crippen LogP contribution in [0.2, 0.25) is 0 Å². The zero-order chi connectivity index (χ0) is 17.4. The van der Waals surface area contributed by atoms with Crippen LogP contribution < -0.4 is 0 Å². The summed E-state index contributed by atoms with van der Waals surface area (Å²) in [5, 5.41) is 8.85. The van der Waals surface area contributed by atoms with Crippen LogP contribution in [0.5, 0.6) is 0 Å². The monoisotopic (exact) mass is 340 g/mol. The Hall–Kier alpha value is -1.79. The van der Waals surface area contributed by atoms with E-state index in [9.17, 15) is 0 Å². The maximum absolute atomic E-state index is 4.44. The van der Waals surface area contributed by atoms with Crippen molar-refractivity contribution in [3.8, 4) is 0 Å². The molecule has 1 aliphatic carbocycles. The molecule has 1 aliphatic heterocycles. The van der Waals surface area contributed by atoms with Gasteiger partial charge >= 0.3 is 0 Å². The Bertz CT molecular complexity index is 708. The van der Waals surface area contributed by atoms with Crippen molar-refractivity contribution in [2.45, 2.75) is 50.7 Å². The number of likely N-dealkylation sites (N-methyl/N-ethyl adjacent to an activating group) is 1. The van der Waals surface area contributed by atoms with E-state index in [-0.39, 0.29) is 0 Å². The van der Waals surface area contributed by atoms with Gasteiger partial charge < -0.3 is 4.57 Å². The third-order valence-corrected chi connectivity index (χ3v) is 5.89. The Morgan fingerprint density at radius 1 is 1.20 bits per heavy atom. The maximum Gasteiger partial charge on any atom is 0.146 e. The summed E-state index contributed by atoms with van der Waals surface area (Å²) in [7, 11) is 4.33. The molecule has 134 valence electrons. The van der Waals surface area contributed by atoms with Gasteiger partial charge in [0, 0.05) is 50.5 Å². The SMILES string of the molecule is C[C@H](c1ccncc1)N1CC[C@H](N(C)Cc2nnc(C3CC3)n2C)C1. The van der Waals surface area contributed by atoms with E-state index >= 15 is 0 Å². The second-order valence-electron chi connectivity index (χ2n) is 7.62. The van der Waals surface area contributed by atoms with Crippen LogP contribution in [0.25, 0.3) is 0 Å². The van der Waals surface area contributed by atoms with Gasteiger partial charge in [-0.25, -0.2) is 0 Å². The summed E-state index contributed by atoms with van der Waals surface area (Å²) < 4.78 is 2.21. The van der Waals surface area contributed by atoms with Crippen molar-refractivity contribution in [3.63, 3.8) is 0 Å². The lowest BCUT2D eigenvalue weighted by Gasteiger charge is -2.27. The molecule has 2 aliphatic rings.